The van der Waals surface area contributed by atoms with Gasteiger partial charge in [-0.1, -0.05) is 0 Å². The highest BCUT2D eigenvalue weighted by Gasteiger charge is 2.10. The van der Waals surface area contributed by atoms with Crippen molar-refractivity contribution in [3.05, 3.63) is 23.7 Å². The summed E-state index contributed by atoms with van der Waals surface area (Å²) in [6, 6.07) is 3.59. The minimum absolute atomic E-state index is 0. The van der Waals surface area contributed by atoms with E-state index in [-0.39, 0.29) is 1.43 Å². The van der Waals surface area contributed by atoms with Gasteiger partial charge in [-0.2, -0.15) is 0 Å². The molecule has 1 aromatic carbocycles. The first kappa shape index (κ1) is 11.2. The molecule has 0 amide bonds. The van der Waals surface area contributed by atoms with Gasteiger partial charge in [0, 0.05) is 12.9 Å². The fraction of sp³-hybridized carbons (Fsp3) is 0.231. The maximum absolute atomic E-state index is 5.43. The minimum Gasteiger partial charge on any atom is -0.493 e. The molecule has 0 bridgehead atoms. The fourth-order valence-electron chi connectivity index (χ4n) is 1.68. The van der Waals surface area contributed by atoms with Crippen LogP contribution in [0, 0.1) is 19.3 Å². The Bertz CT molecular complexity index is 620. The molecule has 0 radical (unpaired) electrons. The molecule has 0 spiro atoms. The van der Waals surface area contributed by atoms with E-state index in [4.69, 9.17) is 15.9 Å². The number of aryl methyl sites for hydroxylation is 1. The van der Waals surface area contributed by atoms with Crippen LogP contribution in [0.15, 0.2) is 12.1 Å². The molecule has 0 atom stereocenters. The Balaban J connectivity index is 0.00000162. The molecule has 0 aliphatic carbocycles. The van der Waals surface area contributed by atoms with Crippen LogP contribution in [0.4, 0.5) is 0 Å². The molecule has 0 unspecified atom stereocenters. The molecule has 0 aliphatic heterocycles. The lowest BCUT2D eigenvalue weighted by Crippen LogP contribution is -1.97. The summed E-state index contributed by atoms with van der Waals surface area (Å²) < 4.78 is 10.4. The number of fused-ring (bicyclic) bond motifs is 1. The van der Waals surface area contributed by atoms with Crippen LogP contribution in [-0.2, 0) is 0 Å². The van der Waals surface area contributed by atoms with Gasteiger partial charge in [0.2, 0.25) is 0 Å². The molecule has 4 nitrogen and oxygen atoms in total. The highest BCUT2D eigenvalue weighted by Crippen LogP contribution is 2.32. The Morgan fingerprint density at radius 1 is 1.18 bits per heavy atom. The Labute approximate surface area is 101 Å². The van der Waals surface area contributed by atoms with Crippen LogP contribution in [-0.4, -0.2) is 24.2 Å². The van der Waals surface area contributed by atoms with Gasteiger partial charge in [-0.3, -0.25) is 0 Å². The topological polar surface area (TPSA) is 44.2 Å². The number of rotatable bonds is 2. The molecule has 17 heavy (non-hydrogen) atoms. The number of nitrogens with zero attached hydrogens (tertiary/aromatic N) is 2. The molecule has 0 saturated heterocycles. The van der Waals surface area contributed by atoms with E-state index >= 15 is 0 Å². The monoisotopic (exact) mass is 230 g/mol. The summed E-state index contributed by atoms with van der Waals surface area (Å²) >= 11 is 0. The molecule has 0 saturated carbocycles. The molecule has 88 valence electrons. The number of terminal acetylenes is 1. The maximum atomic E-state index is 5.43. The number of benzene rings is 1. The van der Waals surface area contributed by atoms with Gasteiger partial charge in [-0.25, -0.2) is 9.97 Å². The zero-order valence-electron chi connectivity index (χ0n) is 9.94. The van der Waals surface area contributed by atoms with E-state index in [1.54, 1.807) is 33.3 Å². The van der Waals surface area contributed by atoms with Crippen molar-refractivity contribution in [2.75, 3.05) is 14.2 Å². The van der Waals surface area contributed by atoms with Gasteiger partial charge in [-0.05, 0) is 18.9 Å². The van der Waals surface area contributed by atoms with Crippen LogP contribution in [0.25, 0.3) is 10.9 Å². The summed E-state index contributed by atoms with van der Waals surface area (Å²) in [5.41, 5.74) is 1.32. The number of hydrogen-bond donors (Lipinski definition) is 0. The largest absolute Gasteiger partial charge is 0.493 e. The first-order chi connectivity index (χ1) is 8.19. The van der Waals surface area contributed by atoms with E-state index in [1.165, 1.54) is 0 Å². The Morgan fingerprint density at radius 2 is 1.82 bits per heavy atom. The van der Waals surface area contributed by atoms with Crippen molar-refractivity contribution in [3.63, 3.8) is 0 Å². The highest BCUT2D eigenvalue weighted by molar-refractivity contribution is 5.86. The normalized spacial score (nSPS) is 10.0. The van der Waals surface area contributed by atoms with E-state index in [1.807, 2.05) is 0 Å². The standard InChI is InChI=1S/C13H12N2O2.H2/c1-5-10-9-6-12(16-3)13(17-4)7-11(9)15-8(2)14-10;/h1,6-7H,2-4H3;1H. The highest BCUT2D eigenvalue weighted by atomic mass is 16.5. The summed E-state index contributed by atoms with van der Waals surface area (Å²) in [5, 5.41) is 0.788. The molecular formula is C13H14N2O2. The van der Waals surface area contributed by atoms with Crippen LogP contribution in [0.3, 0.4) is 0 Å². The van der Waals surface area contributed by atoms with Crippen molar-refractivity contribution in [3.8, 4) is 23.8 Å². The third kappa shape index (κ3) is 1.87. The molecule has 0 fully saturated rings. The van der Waals surface area contributed by atoms with Crippen LogP contribution in [0.1, 0.15) is 12.9 Å². The summed E-state index contributed by atoms with van der Waals surface area (Å²) in [6.07, 6.45) is 5.43. The number of aromatic nitrogens is 2. The summed E-state index contributed by atoms with van der Waals surface area (Å²) in [6.45, 7) is 1.80. The predicted molar refractivity (Wildman–Crippen MR) is 67.4 cm³/mol. The first-order valence-electron chi connectivity index (χ1n) is 5.06. The van der Waals surface area contributed by atoms with Gasteiger partial charge in [0.15, 0.2) is 11.5 Å². The van der Waals surface area contributed by atoms with E-state index in [9.17, 15) is 0 Å². The van der Waals surface area contributed by atoms with Crippen LogP contribution < -0.4 is 9.47 Å². The second kappa shape index (κ2) is 4.30. The molecule has 1 aromatic heterocycles. The summed E-state index contributed by atoms with van der Waals surface area (Å²) in [7, 11) is 3.16. The number of hydrogen-bond acceptors (Lipinski definition) is 4. The van der Waals surface area contributed by atoms with Crippen molar-refractivity contribution < 1.29 is 10.9 Å². The third-order valence-electron chi connectivity index (χ3n) is 2.45. The SMILES string of the molecule is C#Cc1nc(C)nc2cc(OC)c(OC)cc12.[HH]. The lowest BCUT2D eigenvalue weighted by Gasteiger charge is -2.09. The molecule has 0 aliphatic rings. The van der Waals surface area contributed by atoms with Gasteiger partial charge in [0.25, 0.3) is 0 Å². The van der Waals surface area contributed by atoms with Crippen molar-refractivity contribution in [2.24, 2.45) is 0 Å². The van der Waals surface area contributed by atoms with Crippen LogP contribution in [0.2, 0.25) is 0 Å². The van der Waals surface area contributed by atoms with Gasteiger partial charge in [0.05, 0.1) is 19.7 Å². The zero-order valence-corrected chi connectivity index (χ0v) is 9.94. The van der Waals surface area contributed by atoms with E-state index in [0.717, 1.165) is 10.9 Å². The average Bonchev–Trinajstić information content (AvgIpc) is 2.35. The van der Waals surface area contributed by atoms with Crippen LogP contribution >= 0.6 is 0 Å². The van der Waals surface area contributed by atoms with Crippen molar-refractivity contribution in [1.82, 2.24) is 9.97 Å². The Morgan fingerprint density at radius 3 is 2.41 bits per heavy atom. The molecule has 2 aromatic rings. The predicted octanol–water partition coefficient (Wildman–Crippen LogP) is 2.18. The lowest BCUT2D eigenvalue weighted by atomic mass is 10.1. The van der Waals surface area contributed by atoms with Crippen molar-refractivity contribution >= 4 is 10.9 Å². The van der Waals surface area contributed by atoms with Gasteiger partial charge >= 0.3 is 0 Å². The van der Waals surface area contributed by atoms with Crippen molar-refractivity contribution in [1.29, 1.82) is 0 Å². The quantitative estimate of drug-likeness (QED) is 0.742. The third-order valence-corrected chi connectivity index (χ3v) is 2.45. The zero-order chi connectivity index (χ0) is 12.4. The summed E-state index contributed by atoms with van der Waals surface area (Å²) in [4.78, 5) is 8.53. The van der Waals surface area contributed by atoms with Gasteiger partial charge in [-0.15, -0.1) is 6.42 Å². The van der Waals surface area contributed by atoms with E-state index in [0.29, 0.717) is 23.0 Å². The number of methoxy groups -OCH3 is 2. The van der Waals surface area contributed by atoms with E-state index in [2.05, 4.69) is 15.9 Å². The smallest absolute Gasteiger partial charge is 0.162 e. The first-order valence-corrected chi connectivity index (χ1v) is 5.06. The maximum Gasteiger partial charge on any atom is 0.162 e. The van der Waals surface area contributed by atoms with Gasteiger partial charge < -0.3 is 9.47 Å². The van der Waals surface area contributed by atoms with E-state index < -0.39 is 0 Å². The Hall–Kier alpha value is -2.28. The fourth-order valence-corrected chi connectivity index (χ4v) is 1.68. The minimum atomic E-state index is 0. The molecule has 2 rings (SSSR count). The van der Waals surface area contributed by atoms with Crippen LogP contribution in [0.5, 0.6) is 11.5 Å². The molecule has 1 heterocycles. The number of ether oxygens (including phenoxy) is 2. The van der Waals surface area contributed by atoms with Crippen molar-refractivity contribution in [2.45, 2.75) is 6.92 Å². The molecular weight excluding hydrogens is 216 g/mol. The Kier molecular flexibility index (Phi) is 2.84. The molecule has 4 heteroatoms. The average molecular weight is 230 g/mol. The summed E-state index contributed by atoms with van der Waals surface area (Å²) in [5.74, 6) is 4.43. The van der Waals surface area contributed by atoms with Gasteiger partial charge in [0.1, 0.15) is 11.5 Å². The molecule has 0 N–H and O–H groups in total. The second-order valence-corrected chi connectivity index (χ2v) is 3.49. The lowest BCUT2D eigenvalue weighted by molar-refractivity contribution is 0.355. The second-order valence-electron chi connectivity index (χ2n) is 3.49.